The Kier molecular flexibility index (Phi) is 4.84. The van der Waals surface area contributed by atoms with Crippen LogP contribution in [0.2, 0.25) is 0 Å². The van der Waals surface area contributed by atoms with Gasteiger partial charge >= 0.3 is 0 Å². The molecule has 3 heterocycles. The molecule has 5 rings (SSSR count). The van der Waals surface area contributed by atoms with Gasteiger partial charge in [0.1, 0.15) is 0 Å². The number of hydrogen-bond acceptors (Lipinski definition) is 6. The van der Waals surface area contributed by atoms with Gasteiger partial charge in [-0.05, 0) is 18.4 Å². The lowest BCUT2D eigenvalue weighted by Gasteiger charge is -2.29. The second-order valence-corrected chi connectivity index (χ2v) is 7.90. The third-order valence-corrected chi connectivity index (χ3v) is 5.75. The van der Waals surface area contributed by atoms with Gasteiger partial charge in [-0.3, -0.25) is 4.68 Å². The standard InChI is InChI=1S/C22H25N7O/c23-16-8-4-5-9-17(16)26-22-27-18-11-24-21(30)19(18)20(28-22)15-10-25-29(13-15)12-14-6-2-1-3-7-14/h1-3,6-7,10-11,13,16-17,24,30H,4-5,8-9,12,23H2,(H,26,27). The zero-order chi connectivity index (χ0) is 20.5. The van der Waals surface area contributed by atoms with E-state index in [4.69, 9.17) is 10.7 Å². The van der Waals surface area contributed by atoms with Gasteiger partial charge in [-0.2, -0.15) is 5.10 Å². The first kappa shape index (κ1) is 18.6. The molecule has 1 saturated carbocycles. The van der Waals surface area contributed by atoms with Crippen molar-refractivity contribution in [1.82, 2.24) is 24.7 Å². The highest BCUT2D eigenvalue weighted by Crippen LogP contribution is 2.33. The van der Waals surface area contributed by atoms with Crippen LogP contribution in [-0.2, 0) is 6.54 Å². The summed E-state index contributed by atoms with van der Waals surface area (Å²) in [5.41, 5.74) is 9.58. The predicted octanol–water partition coefficient (Wildman–Crippen LogP) is 3.26. The number of nitrogens with two attached hydrogens (primary N) is 1. The highest BCUT2D eigenvalue weighted by Gasteiger charge is 2.24. The van der Waals surface area contributed by atoms with Crippen LogP contribution in [0, 0.1) is 0 Å². The molecule has 8 nitrogen and oxygen atoms in total. The summed E-state index contributed by atoms with van der Waals surface area (Å²) in [6.45, 7) is 0.663. The summed E-state index contributed by atoms with van der Waals surface area (Å²) in [5.74, 6) is 0.575. The minimum absolute atomic E-state index is 0.0525. The fourth-order valence-corrected chi connectivity index (χ4v) is 4.15. The van der Waals surface area contributed by atoms with E-state index in [9.17, 15) is 5.11 Å². The topological polar surface area (TPSA) is 118 Å². The zero-order valence-electron chi connectivity index (χ0n) is 16.6. The Balaban J connectivity index is 1.49. The molecule has 8 heteroatoms. The number of aromatic hydroxyl groups is 1. The van der Waals surface area contributed by atoms with Gasteiger partial charge in [0.05, 0.1) is 29.3 Å². The molecule has 1 aromatic carbocycles. The number of hydrogen-bond donors (Lipinski definition) is 4. The first-order valence-corrected chi connectivity index (χ1v) is 10.3. The van der Waals surface area contributed by atoms with Gasteiger partial charge in [0.15, 0.2) is 5.88 Å². The quantitative estimate of drug-likeness (QED) is 0.406. The average Bonchev–Trinajstić information content (AvgIpc) is 3.37. The largest absolute Gasteiger partial charge is 0.494 e. The molecule has 0 aliphatic heterocycles. The van der Waals surface area contributed by atoms with Crippen molar-refractivity contribution >= 4 is 16.9 Å². The van der Waals surface area contributed by atoms with Crippen LogP contribution in [0.25, 0.3) is 22.2 Å². The number of nitrogens with one attached hydrogen (secondary N) is 2. The number of aromatic nitrogens is 5. The van der Waals surface area contributed by atoms with Crippen LogP contribution in [0.15, 0.2) is 48.9 Å². The minimum atomic E-state index is 0.0525. The molecule has 4 aromatic rings. The Bertz CT molecular complexity index is 1150. The van der Waals surface area contributed by atoms with Crippen molar-refractivity contribution in [2.24, 2.45) is 5.73 Å². The molecule has 30 heavy (non-hydrogen) atoms. The lowest BCUT2D eigenvalue weighted by molar-refractivity contribution is 0.402. The van der Waals surface area contributed by atoms with Crippen LogP contribution in [0.3, 0.4) is 0 Å². The average molecular weight is 403 g/mol. The van der Waals surface area contributed by atoms with Crippen LogP contribution in [0.1, 0.15) is 31.2 Å². The van der Waals surface area contributed by atoms with E-state index in [1.54, 1.807) is 12.4 Å². The molecule has 1 aliphatic carbocycles. The molecule has 0 spiro atoms. The molecule has 0 amide bonds. The predicted molar refractivity (Wildman–Crippen MR) is 116 cm³/mol. The van der Waals surface area contributed by atoms with E-state index in [0.29, 0.717) is 29.1 Å². The maximum atomic E-state index is 10.3. The van der Waals surface area contributed by atoms with Gasteiger partial charge in [-0.15, -0.1) is 0 Å². The summed E-state index contributed by atoms with van der Waals surface area (Å²) in [7, 11) is 0. The monoisotopic (exact) mass is 403 g/mol. The smallest absolute Gasteiger partial charge is 0.224 e. The molecule has 3 aromatic heterocycles. The van der Waals surface area contributed by atoms with Crippen molar-refractivity contribution in [1.29, 1.82) is 0 Å². The summed E-state index contributed by atoms with van der Waals surface area (Å²) in [6.07, 6.45) is 9.73. The van der Waals surface area contributed by atoms with Crippen molar-refractivity contribution in [3.05, 3.63) is 54.5 Å². The van der Waals surface area contributed by atoms with E-state index < -0.39 is 0 Å². The Labute approximate surface area is 174 Å². The molecule has 0 bridgehead atoms. The molecule has 1 fully saturated rings. The number of aromatic amines is 1. The second-order valence-electron chi connectivity index (χ2n) is 7.90. The summed E-state index contributed by atoms with van der Waals surface area (Å²) in [5, 5.41) is 18.8. The van der Waals surface area contributed by atoms with Gasteiger partial charge in [-0.25, -0.2) is 9.97 Å². The highest BCUT2D eigenvalue weighted by molar-refractivity contribution is 5.97. The molecule has 2 atom stereocenters. The first-order chi connectivity index (χ1) is 14.7. The number of benzene rings is 1. The Morgan fingerprint density at radius 1 is 1.17 bits per heavy atom. The lowest BCUT2D eigenvalue weighted by Crippen LogP contribution is -2.42. The van der Waals surface area contributed by atoms with Crippen molar-refractivity contribution in [3.63, 3.8) is 0 Å². The summed E-state index contributed by atoms with van der Waals surface area (Å²) in [4.78, 5) is 12.2. The van der Waals surface area contributed by atoms with Crippen LogP contribution < -0.4 is 11.1 Å². The van der Waals surface area contributed by atoms with Gasteiger partial charge in [0.2, 0.25) is 5.95 Å². The van der Waals surface area contributed by atoms with Crippen molar-refractivity contribution < 1.29 is 5.11 Å². The third kappa shape index (κ3) is 3.61. The van der Waals surface area contributed by atoms with Crippen LogP contribution in [-0.4, -0.2) is 41.9 Å². The fourth-order valence-electron chi connectivity index (χ4n) is 4.15. The molecule has 0 saturated heterocycles. The van der Waals surface area contributed by atoms with E-state index in [1.165, 1.54) is 0 Å². The molecule has 154 valence electrons. The van der Waals surface area contributed by atoms with Gasteiger partial charge in [-0.1, -0.05) is 43.2 Å². The highest BCUT2D eigenvalue weighted by atomic mass is 16.3. The van der Waals surface area contributed by atoms with E-state index in [-0.39, 0.29) is 18.0 Å². The van der Waals surface area contributed by atoms with Crippen molar-refractivity contribution in [3.8, 4) is 17.1 Å². The van der Waals surface area contributed by atoms with Gasteiger partial charge in [0.25, 0.3) is 0 Å². The normalized spacial score (nSPS) is 19.2. The molecule has 1 aliphatic rings. The lowest BCUT2D eigenvalue weighted by atomic mass is 9.91. The molecule has 5 N–H and O–H groups in total. The molecule has 2 unspecified atom stereocenters. The maximum Gasteiger partial charge on any atom is 0.224 e. The van der Waals surface area contributed by atoms with E-state index in [2.05, 4.69) is 32.5 Å². The molecular weight excluding hydrogens is 378 g/mol. The van der Waals surface area contributed by atoms with E-state index in [0.717, 1.165) is 36.8 Å². The zero-order valence-corrected chi connectivity index (χ0v) is 16.6. The van der Waals surface area contributed by atoms with E-state index in [1.807, 2.05) is 29.1 Å². The Morgan fingerprint density at radius 3 is 2.83 bits per heavy atom. The minimum Gasteiger partial charge on any atom is -0.494 e. The summed E-state index contributed by atoms with van der Waals surface area (Å²) in [6, 6.07) is 10.4. The SMILES string of the molecule is NC1CCCCC1Nc1nc(-c2cnn(Cc3ccccc3)c2)c2c(O)[nH]cc2n1. The maximum absolute atomic E-state index is 10.3. The molecular formula is C22H25N7O. The molecule has 0 radical (unpaired) electrons. The van der Waals surface area contributed by atoms with E-state index >= 15 is 0 Å². The Hall–Kier alpha value is -3.39. The first-order valence-electron chi connectivity index (χ1n) is 10.3. The van der Waals surface area contributed by atoms with Crippen LogP contribution in [0.4, 0.5) is 5.95 Å². The van der Waals surface area contributed by atoms with Gasteiger partial charge in [0, 0.05) is 30.0 Å². The Morgan fingerprint density at radius 2 is 2.00 bits per heavy atom. The third-order valence-electron chi connectivity index (χ3n) is 5.75. The van der Waals surface area contributed by atoms with Crippen LogP contribution in [0.5, 0.6) is 5.88 Å². The van der Waals surface area contributed by atoms with Crippen LogP contribution >= 0.6 is 0 Å². The van der Waals surface area contributed by atoms with Crippen molar-refractivity contribution in [2.45, 2.75) is 44.3 Å². The summed E-state index contributed by atoms with van der Waals surface area (Å²) < 4.78 is 1.87. The number of fused-ring (bicyclic) bond motifs is 1. The second kappa shape index (κ2) is 7.79. The number of H-pyrrole nitrogens is 1. The van der Waals surface area contributed by atoms with Gasteiger partial charge < -0.3 is 21.1 Å². The fraction of sp³-hybridized carbons (Fsp3) is 0.318. The number of rotatable bonds is 5. The van der Waals surface area contributed by atoms with Crippen molar-refractivity contribution in [2.75, 3.05) is 5.32 Å². The number of nitrogens with zero attached hydrogens (tertiary/aromatic N) is 4. The number of anilines is 1. The summed E-state index contributed by atoms with van der Waals surface area (Å²) >= 11 is 0.